The number of fused-ring (bicyclic) bond motifs is 1. The molecule has 1 aromatic heterocycles. The number of hydrogen-bond donors (Lipinski definition) is 3. The summed E-state index contributed by atoms with van der Waals surface area (Å²) in [6.07, 6.45) is 4.07. The van der Waals surface area contributed by atoms with Crippen LogP contribution in [0, 0.1) is 16.7 Å². The van der Waals surface area contributed by atoms with Crippen molar-refractivity contribution < 1.29 is 14.4 Å². The van der Waals surface area contributed by atoms with Gasteiger partial charge in [0.25, 0.3) is 0 Å². The van der Waals surface area contributed by atoms with Gasteiger partial charge < -0.3 is 15.5 Å². The minimum atomic E-state index is -0.429. The van der Waals surface area contributed by atoms with Crippen LogP contribution in [-0.2, 0) is 14.4 Å². The van der Waals surface area contributed by atoms with E-state index in [0.29, 0.717) is 30.3 Å². The average Bonchev–Trinajstić information content (AvgIpc) is 3.34. The zero-order valence-corrected chi connectivity index (χ0v) is 18.1. The van der Waals surface area contributed by atoms with Gasteiger partial charge in [0.1, 0.15) is 17.6 Å². The summed E-state index contributed by atoms with van der Waals surface area (Å²) in [4.78, 5) is 43.1. The average molecular weight is 414 g/mol. The van der Waals surface area contributed by atoms with Crippen molar-refractivity contribution in [3.05, 3.63) is 23.9 Å². The van der Waals surface area contributed by atoms with E-state index in [9.17, 15) is 14.4 Å². The van der Waals surface area contributed by atoms with Gasteiger partial charge in [-0.2, -0.15) is 0 Å². The number of pyridine rings is 1. The topological polar surface area (TPSA) is 115 Å². The molecule has 1 saturated heterocycles. The first kappa shape index (κ1) is 21.9. The Morgan fingerprint density at radius 1 is 1.27 bits per heavy atom. The van der Waals surface area contributed by atoms with Crippen LogP contribution in [0.2, 0.25) is 0 Å². The van der Waals surface area contributed by atoms with Crippen LogP contribution in [0.1, 0.15) is 52.5 Å². The molecule has 1 aromatic rings. The minimum absolute atomic E-state index is 0.0375. The Labute approximate surface area is 177 Å². The number of carbonyl (C=O) groups is 3. The summed E-state index contributed by atoms with van der Waals surface area (Å²) in [7, 11) is 0. The van der Waals surface area contributed by atoms with E-state index in [1.807, 2.05) is 0 Å². The zero-order chi connectivity index (χ0) is 22.1. The van der Waals surface area contributed by atoms with E-state index < -0.39 is 6.04 Å². The molecule has 3 rings (SSSR count). The molecule has 3 N–H and O–H groups in total. The van der Waals surface area contributed by atoms with Crippen molar-refractivity contribution in [1.29, 1.82) is 5.41 Å². The first-order valence-electron chi connectivity index (χ1n) is 10.5. The standard InChI is InChI=1S/C22H31N5O3/c1-13(28)19(23)15-6-5-8-24-20(15)26-12-18(29)27-16-10-14(16)11-17(27)21(30)25-9-7-22(2,3)4/h5-6,8,14,16-17,23H,7,9-12H2,1-4H3,(H,24,26)(H,25,30)/t14-,16-,17+/m1/s1. The predicted octanol–water partition coefficient (Wildman–Crippen LogP) is 1.99. The minimum Gasteiger partial charge on any atom is -0.360 e. The fourth-order valence-corrected chi connectivity index (χ4v) is 3.92. The lowest BCUT2D eigenvalue weighted by molar-refractivity contribution is -0.138. The SMILES string of the molecule is CC(=O)C(=N)c1cccnc1NCC(=O)N1[C@@H]2C[C@@H]2C[C@H]1C(=O)NCCC(C)(C)C. The van der Waals surface area contributed by atoms with E-state index in [0.717, 1.165) is 12.8 Å². The van der Waals surface area contributed by atoms with E-state index in [2.05, 4.69) is 36.4 Å². The molecule has 162 valence electrons. The number of nitrogens with one attached hydrogen (secondary N) is 3. The first-order chi connectivity index (χ1) is 14.1. The number of Topliss-reactive ketones (excluding diaryl/α,β-unsaturated/α-hetero) is 1. The molecule has 8 nitrogen and oxygen atoms in total. The van der Waals surface area contributed by atoms with Gasteiger partial charge in [0.05, 0.1) is 6.54 Å². The Morgan fingerprint density at radius 3 is 2.67 bits per heavy atom. The van der Waals surface area contributed by atoms with Gasteiger partial charge in [-0.25, -0.2) is 4.98 Å². The largest absolute Gasteiger partial charge is 0.360 e. The van der Waals surface area contributed by atoms with Crippen LogP contribution in [0.4, 0.5) is 5.82 Å². The lowest BCUT2D eigenvalue weighted by atomic mass is 9.92. The highest BCUT2D eigenvalue weighted by atomic mass is 16.2. The number of aromatic nitrogens is 1. The third-order valence-corrected chi connectivity index (χ3v) is 5.71. The number of amides is 2. The van der Waals surface area contributed by atoms with Gasteiger partial charge in [-0.1, -0.05) is 20.8 Å². The monoisotopic (exact) mass is 413 g/mol. The van der Waals surface area contributed by atoms with Crippen LogP contribution < -0.4 is 10.6 Å². The van der Waals surface area contributed by atoms with Crippen LogP contribution in [0.25, 0.3) is 0 Å². The third-order valence-electron chi connectivity index (χ3n) is 5.71. The summed E-state index contributed by atoms with van der Waals surface area (Å²) in [5.41, 5.74) is 0.343. The quantitative estimate of drug-likeness (QED) is 0.564. The number of rotatable bonds is 8. The third kappa shape index (κ3) is 5.04. The van der Waals surface area contributed by atoms with Gasteiger partial charge in [-0.05, 0) is 42.7 Å². The first-order valence-corrected chi connectivity index (χ1v) is 10.5. The smallest absolute Gasteiger partial charge is 0.242 e. The van der Waals surface area contributed by atoms with E-state index in [1.54, 1.807) is 23.2 Å². The summed E-state index contributed by atoms with van der Waals surface area (Å²) in [5, 5.41) is 13.9. The van der Waals surface area contributed by atoms with Crippen molar-refractivity contribution in [3.8, 4) is 0 Å². The van der Waals surface area contributed by atoms with Crippen LogP contribution in [0.15, 0.2) is 18.3 Å². The lowest BCUT2D eigenvalue weighted by Gasteiger charge is -2.28. The molecular weight excluding hydrogens is 382 g/mol. The van der Waals surface area contributed by atoms with Crippen molar-refractivity contribution in [2.45, 2.75) is 59.0 Å². The van der Waals surface area contributed by atoms with E-state index >= 15 is 0 Å². The summed E-state index contributed by atoms with van der Waals surface area (Å²) in [5.74, 6) is 0.107. The van der Waals surface area contributed by atoms with Gasteiger partial charge in [-0.3, -0.25) is 19.8 Å². The van der Waals surface area contributed by atoms with Crippen molar-refractivity contribution >= 4 is 29.1 Å². The highest BCUT2D eigenvalue weighted by Gasteiger charge is 2.55. The van der Waals surface area contributed by atoms with Crippen molar-refractivity contribution in [3.63, 3.8) is 0 Å². The molecule has 2 fully saturated rings. The Balaban J connectivity index is 1.61. The van der Waals surface area contributed by atoms with Crippen molar-refractivity contribution in [2.75, 3.05) is 18.4 Å². The molecular formula is C22H31N5O3. The van der Waals surface area contributed by atoms with Crippen LogP contribution in [0.3, 0.4) is 0 Å². The predicted molar refractivity (Wildman–Crippen MR) is 114 cm³/mol. The summed E-state index contributed by atoms with van der Waals surface area (Å²) in [6.45, 7) is 8.27. The summed E-state index contributed by atoms with van der Waals surface area (Å²) < 4.78 is 0. The Hall–Kier alpha value is -2.77. The molecule has 0 bridgehead atoms. The van der Waals surface area contributed by atoms with Gasteiger partial charge in [0, 0.05) is 31.3 Å². The van der Waals surface area contributed by atoms with Gasteiger partial charge in [0.15, 0.2) is 5.78 Å². The normalized spacial score (nSPS) is 22.3. The molecule has 0 aromatic carbocycles. The molecule has 2 heterocycles. The molecule has 30 heavy (non-hydrogen) atoms. The molecule has 0 unspecified atom stereocenters. The van der Waals surface area contributed by atoms with Crippen LogP contribution in [-0.4, -0.2) is 58.4 Å². The maximum Gasteiger partial charge on any atom is 0.242 e. The van der Waals surface area contributed by atoms with Crippen molar-refractivity contribution in [1.82, 2.24) is 15.2 Å². The molecule has 0 spiro atoms. The number of likely N-dealkylation sites (tertiary alicyclic amines) is 1. The van der Waals surface area contributed by atoms with Crippen molar-refractivity contribution in [2.24, 2.45) is 11.3 Å². The molecule has 2 aliphatic rings. The Bertz CT molecular complexity index is 861. The number of ketones is 1. The molecule has 1 aliphatic heterocycles. The molecule has 1 aliphatic carbocycles. The van der Waals surface area contributed by atoms with Gasteiger partial charge in [-0.15, -0.1) is 0 Å². The Morgan fingerprint density at radius 2 is 2.00 bits per heavy atom. The fraction of sp³-hybridized carbons (Fsp3) is 0.591. The second-order valence-electron chi connectivity index (χ2n) is 9.40. The van der Waals surface area contributed by atoms with E-state index in [1.165, 1.54) is 6.92 Å². The summed E-state index contributed by atoms with van der Waals surface area (Å²) in [6, 6.07) is 2.98. The molecule has 2 amide bonds. The number of piperidine rings is 1. The van der Waals surface area contributed by atoms with Gasteiger partial charge in [0.2, 0.25) is 11.8 Å². The Kier molecular flexibility index (Phi) is 6.24. The molecule has 1 saturated carbocycles. The number of carbonyl (C=O) groups excluding carboxylic acids is 3. The van der Waals surface area contributed by atoms with Crippen LogP contribution >= 0.6 is 0 Å². The molecule has 0 radical (unpaired) electrons. The number of nitrogens with zero attached hydrogens (tertiary/aromatic N) is 2. The number of hydrogen-bond acceptors (Lipinski definition) is 6. The summed E-state index contributed by atoms with van der Waals surface area (Å²) >= 11 is 0. The maximum atomic E-state index is 13.0. The fourth-order valence-electron chi connectivity index (χ4n) is 3.92. The highest BCUT2D eigenvalue weighted by Crippen LogP contribution is 2.47. The lowest BCUT2D eigenvalue weighted by Crippen LogP contribution is -2.49. The van der Waals surface area contributed by atoms with E-state index in [-0.39, 0.29) is 41.3 Å². The second-order valence-corrected chi connectivity index (χ2v) is 9.40. The highest BCUT2D eigenvalue weighted by molar-refractivity contribution is 6.45. The van der Waals surface area contributed by atoms with E-state index in [4.69, 9.17) is 5.41 Å². The maximum absolute atomic E-state index is 13.0. The van der Waals surface area contributed by atoms with Crippen LogP contribution in [0.5, 0.6) is 0 Å². The zero-order valence-electron chi connectivity index (χ0n) is 18.1. The molecule has 8 heteroatoms. The molecule has 3 atom stereocenters. The second kappa shape index (κ2) is 8.53. The number of anilines is 1. The van der Waals surface area contributed by atoms with Gasteiger partial charge >= 0.3 is 0 Å².